The van der Waals surface area contributed by atoms with Crippen molar-refractivity contribution in [2.75, 3.05) is 6.61 Å². The summed E-state index contributed by atoms with van der Waals surface area (Å²) in [6.07, 6.45) is 5.75. The van der Waals surface area contributed by atoms with Gasteiger partial charge in [0.25, 0.3) is 5.56 Å². The van der Waals surface area contributed by atoms with Crippen LogP contribution in [0.25, 0.3) is 11.8 Å². The normalized spacial score (nSPS) is 15.3. The van der Waals surface area contributed by atoms with E-state index in [2.05, 4.69) is 4.99 Å². The molecule has 0 spiro atoms. The second-order valence-corrected chi connectivity index (χ2v) is 10.8. The summed E-state index contributed by atoms with van der Waals surface area (Å²) in [5.41, 5.74) is 3.25. The van der Waals surface area contributed by atoms with E-state index < -0.39 is 12.0 Å². The molecule has 0 unspecified atom stereocenters. The fraction of sp³-hybridized carbons (Fsp3) is 0.233. The van der Waals surface area contributed by atoms with Gasteiger partial charge < -0.3 is 14.0 Å². The minimum absolute atomic E-state index is 0.0281. The monoisotopic (exact) mass is 561 g/mol. The van der Waals surface area contributed by atoms with Gasteiger partial charge in [0.15, 0.2) is 4.80 Å². The fourth-order valence-electron chi connectivity index (χ4n) is 4.53. The molecule has 200 valence electrons. The van der Waals surface area contributed by atoms with Crippen LogP contribution in [0, 0.1) is 0 Å². The van der Waals surface area contributed by atoms with Crippen molar-refractivity contribution < 1.29 is 14.3 Å². The molecule has 5 rings (SSSR count). The summed E-state index contributed by atoms with van der Waals surface area (Å²) in [5.74, 6) is 0.227. The zero-order valence-electron chi connectivity index (χ0n) is 22.1. The van der Waals surface area contributed by atoms with Gasteiger partial charge in [-0.05, 0) is 87.4 Å². The quantitative estimate of drug-likeness (QED) is 0.297. The van der Waals surface area contributed by atoms with Crippen molar-refractivity contribution in [1.82, 2.24) is 9.13 Å². The molecule has 0 amide bonds. The first kappa shape index (κ1) is 26.7. The number of rotatable bonds is 7. The number of nitrogens with zero attached hydrogens (tertiary/aromatic N) is 3. The number of hydrogen-bond acceptors (Lipinski definition) is 6. The second-order valence-electron chi connectivity index (χ2n) is 9.37. The molecular weight excluding hydrogens is 534 g/mol. The molecule has 7 nitrogen and oxygen atoms in total. The smallest absolute Gasteiger partial charge is 0.338 e. The Kier molecular flexibility index (Phi) is 7.59. The van der Waals surface area contributed by atoms with Crippen molar-refractivity contribution in [2.24, 2.45) is 4.99 Å². The summed E-state index contributed by atoms with van der Waals surface area (Å²) in [6, 6.07) is 16.2. The molecule has 1 aliphatic rings. The van der Waals surface area contributed by atoms with Gasteiger partial charge in [0.1, 0.15) is 5.75 Å². The summed E-state index contributed by atoms with van der Waals surface area (Å²) in [6.45, 7) is 7.67. The van der Waals surface area contributed by atoms with Crippen LogP contribution in [0.2, 0.25) is 5.02 Å². The summed E-state index contributed by atoms with van der Waals surface area (Å²) >= 11 is 7.32. The van der Waals surface area contributed by atoms with E-state index in [-0.39, 0.29) is 18.3 Å². The van der Waals surface area contributed by atoms with Gasteiger partial charge in [-0.15, -0.1) is 0 Å². The molecule has 39 heavy (non-hydrogen) atoms. The number of fused-ring (bicyclic) bond motifs is 1. The van der Waals surface area contributed by atoms with Gasteiger partial charge in [0.05, 0.1) is 34.6 Å². The third-order valence-corrected chi connectivity index (χ3v) is 7.46. The van der Waals surface area contributed by atoms with Crippen LogP contribution in [0.15, 0.2) is 88.0 Å². The highest BCUT2D eigenvalue weighted by Crippen LogP contribution is 2.31. The summed E-state index contributed by atoms with van der Waals surface area (Å²) in [7, 11) is 0. The number of benzene rings is 2. The summed E-state index contributed by atoms with van der Waals surface area (Å²) in [5, 5.41) is 0.668. The molecule has 0 aliphatic carbocycles. The zero-order chi connectivity index (χ0) is 27.7. The SMILES string of the molecule is CCOC(=O)C1=C(C)N=c2s/c(=C\c3ccn(-c4ccc(Cl)cc4)c3)c(=O)n2[C@H]1c1ccc(OC(C)C)cc1. The molecule has 0 saturated heterocycles. The highest BCUT2D eigenvalue weighted by Gasteiger charge is 2.33. The number of aromatic nitrogens is 2. The second kappa shape index (κ2) is 11.1. The van der Waals surface area contributed by atoms with Crippen LogP contribution in [0.1, 0.15) is 44.9 Å². The molecule has 0 N–H and O–H groups in total. The molecular formula is C30H28ClN3O4S. The number of carbonyl (C=O) groups excluding carboxylic acids is 1. The lowest BCUT2D eigenvalue weighted by Gasteiger charge is -2.25. The molecule has 1 aliphatic heterocycles. The average molecular weight is 562 g/mol. The maximum Gasteiger partial charge on any atom is 0.338 e. The Hall–Kier alpha value is -3.88. The first-order chi connectivity index (χ1) is 18.7. The Morgan fingerprint density at radius 1 is 1.13 bits per heavy atom. The standard InChI is InChI=1S/C30H28ClN3O4S/c1-5-37-29(36)26-19(4)32-30-34(27(26)21-6-12-24(13-7-21)38-18(2)3)28(35)25(39-30)16-20-14-15-33(17-20)23-10-8-22(31)9-11-23/h6-18,27H,5H2,1-4H3/b25-16-/t27-/m0/s1. The Morgan fingerprint density at radius 2 is 1.85 bits per heavy atom. The maximum absolute atomic E-state index is 13.8. The minimum Gasteiger partial charge on any atom is -0.491 e. The van der Waals surface area contributed by atoms with E-state index in [1.54, 1.807) is 18.4 Å². The van der Waals surface area contributed by atoms with Crippen LogP contribution < -0.4 is 19.6 Å². The van der Waals surface area contributed by atoms with Crippen molar-refractivity contribution in [1.29, 1.82) is 0 Å². The number of esters is 1. The molecule has 4 aromatic rings. The predicted octanol–water partition coefficient (Wildman–Crippen LogP) is 5.03. The first-order valence-electron chi connectivity index (χ1n) is 12.7. The van der Waals surface area contributed by atoms with Gasteiger partial charge in [-0.1, -0.05) is 35.1 Å². The molecule has 1 atom stereocenters. The van der Waals surface area contributed by atoms with E-state index in [1.165, 1.54) is 11.3 Å². The molecule has 9 heteroatoms. The average Bonchev–Trinajstić information content (AvgIpc) is 3.48. The van der Waals surface area contributed by atoms with Crippen molar-refractivity contribution in [3.63, 3.8) is 0 Å². The Balaban J connectivity index is 1.60. The molecule has 3 heterocycles. The van der Waals surface area contributed by atoms with Crippen LogP contribution >= 0.6 is 22.9 Å². The molecule has 0 fully saturated rings. The van der Waals surface area contributed by atoms with E-state index in [9.17, 15) is 9.59 Å². The largest absolute Gasteiger partial charge is 0.491 e. The number of thiazole rings is 1. The van der Waals surface area contributed by atoms with Crippen molar-refractivity contribution >= 4 is 35.0 Å². The van der Waals surface area contributed by atoms with E-state index in [0.717, 1.165) is 16.8 Å². The van der Waals surface area contributed by atoms with E-state index in [1.807, 2.05) is 91.5 Å². The lowest BCUT2D eigenvalue weighted by molar-refractivity contribution is -0.139. The van der Waals surface area contributed by atoms with Gasteiger partial charge >= 0.3 is 5.97 Å². The van der Waals surface area contributed by atoms with Crippen LogP contribution in [0.3, 0.4) is 0 Å². The third-order valence-electron chi connectivity index (χ3n) is 6.22. The van der Waals surface area contributed by atoms with E-state index in [4.69, 9.17) is 21.1 Å². The summed E-state index contributed by atoms with van der Waals surface area (Å²) < 4.78 is 15.2. The molecule has 2 aromatic carbocycles. The van der Waals surface area contributed by atoms with Crippen LogP contribution in [0.4, 0.5) is 0 Å². The third kappa shape index (κ3) is 5.48. The van der Waals surface area contributed by atoms with Crippen LogP contribution in [-0.2, 0) is 9.53 Å². The fourth-order valence-corrected chi connectivity index (χ4v) is 5.70. The van der Waals surface area contributed by atoms with Gasteiger partial charge in [0.2, 0.25) is 0 Å². The van der Waals surface area contributed by atoms with E-state index >= 15 is 0 Å². The van der Waals surface area contributed by atoms with Crippen molar-refractivity contribution in [3.05, 3.63) is 114 Å². The van der Waals surface area contributed by atoms with Crippen molar-refractivity contribution in [2.45, 2.75) is 39.8 Å². The van der Waals surface area contributed by atoms with Gasteiger partial charge in [-0.25, -0.2) is 9.79 Å². The van der Waals surface area contributed by atoms with Gasteiger partial charge in [0, 0.05) is 23.1 Å². The Labute approximate surface area is 234 Å². The first-order valence-corrected chi connectivity index (χ1v) is 13.8. The lowest BCUT2D eigenvalue weighted by Crippen LogP contribution is -2.39. The Bertz CT molecular complexity index is 1730. The van der Waals surface area contributed by atoms with Crippen LogP contribution in [0.5, 0.6) is 5.75 Å². The predicted molar refractivity (Wildman–Crippen MR) is 153 cm³/mol. The zero-order valence-corrected chi connectivity index (χ0v) is 23.6. The minimum atomic E-state index is -0.672. The number of allylic oxidation sites excluding steroid dienone is 1. The molecule has 0 radical (unpaired) electrons. The number of ether oxygens (including phenoxy) is 2. The molecule has 0 bridgehead atoms. The molecule has 2 aromatic heterocycles. The highest BCUT2D eigenvalue weighted by molar-refractivity contribution is 7.07. The lowest BCUT2D eigenvalue weighted by atomic mass is 9.96. The van der Waals surface area contributed by atoms with Gasteiger partial charge in [-0.3, -0.25) is 9.36 Å². The van der Waals surface area contributed by atoms with Crippen molar-refractivity contribution in [3.8, 4) is 11.4 Å². The molecule has 0 saturated carbocycles. The van der Waals surface area contributed by atoms with Gasteiger partial charge in [-0.2, -0.15) is 0 Å². The number of hydrogen-bond donors (Lipinski definition) is 0. The van der Waals surface area contributed by atoms with Crippen LogP contribution in [-0.4, -0.2) is 27.8 Å². The number of carbonyl (C=O) groups is 1. The highest BCUT2D eigenvalue weighted by atomic mass is 35.5. The topological polar surface area (TPSA) is 74.8 Å². The maximum atomic E-state index is 13.8. The summed E-state index contributed by atoms with van der Waals surface area (Å²) in [4.78, 5) is 32.1. The number of halogens is 1. The Morgan fingerprint density at radius 3 is 2.51 bits per heavy atom. The van der Waals surface area contributed by atoms with E-state index in [0.29, 0.717) is 31.4 Å².